The lowest BCUT2D eigenvalue weighted by atomic mass is 10.1. The third-order valence-electron chi connectivity index (χ3n) is 3.19. The van der Waals surface area contributed by atoms with Crippen LogP contribution in [0.3, 0.4) is 0 Å². The van der Waals surface area contributed by atoms with Gasteiger partial charge in [0.05, 0.1) is 11.4 Å². The van der Waals surface area contributed by atoms with Crippen molar-refractivity contribution in [2.24, 2.45) is 0 Å². The van der Waals surface area contributed by atoms with Gasteiger partial charge in [0, 0.05) is 0 Å². The molecule has 0 unspecified atom stereocenters. The fraction of sp³-hybridized carbons (Fsp3) is 0.200. The SMILES string of the molecule is Cc1cccc([C@H](C[NH3+])S(=O)(=O)c2ccc(F)cc2)c1. The third-order valence-corrected chi connectivity index (χ3v) is 5.38. The first-order valence-corrected chi connectivity index (χ1v) is 7.85. The van der Waals surface area contributed by atoms with Gasteiger partial charge in [0.15, 0.2) is 9.84 Å². The molecule has 1 atom stereocenters. The highest BCUT2D eigenvalue weighted by molar-refractivity contribution is 7.91. The molecule has 0 saturated heterocycles. The summed E-state index contributed by atoms with van der Waals surface area (Å²) < 4.78 is 38.2. The maximum absolute atomic E-state index is 12.9. The van der Waals surface area contributed by atoms with Gasteiger partial charge in [-0.25, -0.2) is 12.8 Å². The largest absolute Gasteiger partial charge is 0.356 e. The molecule has 0 bridgehead atoms. The number of aryl methyl sites for hydroxylation is 1. The highest BCUT2D eigenvalue weighted by Gasteiger charge is 2.29. The second-order valence-corrected chi connectivity index (χ2v) is 6.82. The summed E-state index contributed by atoms with van der Waals surface area (Å²) in [6, 6.07) is 12.3. The molecule has 0 aliphatic carbocycles. The number of hydrogen-bond donors (Lipinski definition) is 1. The van der Waals surface area contributed by atoms with E-state index in [0.29, 0.717) is 5.56 Å². The number of rotatable bonds is 4. The predicted octanol–water partition coefficient (Wildman–Crippen LogP) is 1.89. The van der Waals surface area contributed by atoms with Gasteiger partial charge in [0.25, 0.3) is 0 Å². The van der Waals surface area contributed by atoms with E-state index < -0.39 is 20.9 Å². The highest BCUT2D eigenvalue weighted by atomic mass is 32.2. The third kappa shape index (κ3) is 2.89. The van der Waals surface area contributed by atoms with E-state index >= 15 is 0 Å². The zero-order valence-corrected chi connectivity index (χ0v) is 12.0. The van der Waals surface area contributed by atoms with Crippen LogP contribution in [0.5, 0.6) is 0 Å². The molecule has 2 aromatic rings. The minimum Gasteiger partial charge on any atom is -0.356 e. The molecule has 3 N–H and O–H groups in total. The molecule has 20 heavy (non-hydrogen) atoms. The van der Waals surface area contributed by atoms with E-state index in [-0.39, 0.29) is 11.4 Å². The summed E-state index contributed by atoms with van der Waals surface area (Å²) in [5.41, 5.74) is 5.46. The van der Waals surface area contributed by atoms with Crippen molar-refractivity contribution in [1.29, 1.82) is 0 Å². The first kappa shape index (κ1) is 14.7. The molecule has 2 aromatic carbocycles. The van der Waals surface area contributed by atoms with E-state index in [2.05, 4.69) is 5.73 Å². The van der Waals surface area contributed by atoms with E-state index in [4.69, 9.17) is 0 Å². The Kier molecular flexibility index (Phi) is 4.20. The van der Waals surface area contributed by atoms with Gasteiger partial charge >= 0.3 is 0 Å². The minimum atomic E-state index is -3.57. The number of hydrogen-bond acceptors (Lipinski definition) is 2. The van der Waals surface area contributed by atoms with Gasteiger partial charge in [-0.15, -0.1) is 0 Å². The monoisotopic (exact) mass is 294 g/mol. The van der Waals surface area contributed by atoms with Gasteiger partial charge in [-0.2, -0.15) is 0 Å². The van der Waals surface area contributed by atoms with Crippen LogP contribution in [-0.2, 0) is 9.84 Å². The Morgan fingerprint density at radius 2 is 1.80 bits per heavy atom. The van der Waals surface area contributed by atoms with Gasteiger partial charge < -0.3 is 5.73 Å². The quantitative estimate of drug-likeness (QED) is 0.875. The molecule has 0 radical (unpaired) electrons. The molecule has 0 heterocycles. The molecule has 5 heteroatoms. The Labute approximate surface area is 118 Å². The smallest absolute Gasteiger partial charge is 0.190 e. The van der Waals surface area contributed by atoms with Crippen LogP contribution in [-0.4, -0.2) is 15.0 Å². The maximum Gasteiger partial charge on any atom is 0.190 e. The first-order chi connectivity index (χ1) is 9.45. The van der Waals surface area contributed by atoms with Crippen molar-refractivity contribution in [2.75, 3.05) is 6.54 Å². The van der Waals surface area contributed by atoms with Crippen molar-refractivity contribution in [3.8, 4) is 0 Å². The standard InChI is InChI=1S/C15H16FNO2S/c1-11-3-2-4-12(9-11)15(10-17)20(18,19)14-7-5-13(16)6-8-14/h2-9,15H,10,17H2,1H3/p+1/t15-/m0/s1. The zero-order chi connectivity index (χ0) is 14.8. The Morgan fingerprint density at radius 1 is 1.15 bits per heavy atom. The Bertz CT molecular complexity index is 696. The summed E-state index contributed by atoms with van der Waals surface area (Å²) in [6.07, 6.45) is 0. The highest BCUT2D eigenvalue weighted by Crippen LogP contribution is 2.28. The van der Waals surface area contributed by atoms with Crippen LogP contribution >= 0.6 is 0 Å². The Balaban J connectivity index is 2.47. The number of sulfone groups is 1. The van der Waals surface area contributed by atoms with E-state index in [1.54, 1.807) is 6.07 Å². The van der Waals surface area contributed by atoms with Gasteiger partial charge in [0.1, 0.15) is 11.1 Å². The molecule has 3 nitrogen and oxygen atoms in total. The average molecular weight is 294 g/mol. The van der Waals surface area contributed by atoms with E-state index in [0.717, 1.165) is 17.7 Å². The molecular formula is C15H17FNO2S+. The van der Waals surface area contributed by atoms with Crippen molar-refractivity contribution in [3.63, 3.8) is 0 Å². The van der Waals surface area contributed by atoms with Crippen LogP contribution in [0.25, 0.3) is 0 Å². The Morgan fingerprint density at radius 3 is 2.35 bits per heavy atom. The van der Waals surface area contributed by atoms with Crippen molar-refractivity contribution < 1.29 is 18.5 Å². The second kappa shape index (κ2) is 5.73. The van der Waals surface area contributed by atoms with Crippen molar-refractivity contribution in [2.45, 2.75) is 17.1 Å². The Hall–Kier alpha value is -1.72. The molecule has 0 aliphatic rings. The first-order valence-electron chi connectivity index (χ1n) is 6.30. The summed E-state index contributed by atoms with van der Waals surface area (Å²) in [7, 11) is -3.57. The van der Waals surface area contributed by atoms with Crippen molar-refractivity contribution in [3.05, 3.63) is 65.5 Å². The van der Waals surface area contributed by atoms with Crippen molar-refractivity contribution >= 4 is 9.84 Å². The maximum atomic E-state index is 12.9. The lowest BCUT2D eigenvalue weighted by molar-refractivity contribution is -0.367. The van der Waals surface area contributed by atoms with Crippen LogP contribution in [0, 0.1) is 12.7 Å². The van der Waals surface area contributed by atoms with Crippen LogP contribution < -0.4 is 5.73 Å². The van der Waals surface area contributed by atoms with Crippen molar-refractivity contribution in [1.82, 2.24) is 0 Å². The summed E-state index contributed by atoms with van der Waals surface area (Å²) in [6.45, 7) is 2.14. The second-order valence-electron chi connectivity index (χ2n) is 4.69. The molecule has 0 aliphatic heterocycles. The minimum absolute atomic E-state index is 0.119. The van der Waals surface area contributed by atoms with Gasteiger partial charge in [-0.1, -0.05) is 29.8 Å². The number of halogens is 1. The molecule has 0 fully saturated rings. The fourth-order valence-corrected chi connectivity index (χ4v) is 3.82. The van der Waals surface area contributed by atoms with Gasteiger partial charge in [-0.05, 0) is 36.8 Å². The summed E-state index contributed by atoms with van der Waals surface area (Å²) in [5, 5.41) is -0.715. The number of benzene rings is 2. The van der Waals surface area contributed by atoms with Gasteiger partial charge in [-0.3, -0.25) is 0 Å². The number of quaternary nitrogens is 1. The molecule has 0 amide bonds. The van der Waals surface area contributed by atoms with Crippen LogP contribution in [0.15, 0.2) is 53.4 Å². The molecular weight excluding hydrogens is 277 g/mol. The molecule has 2 rings (SSSR count). The van der Waals surface area contributed by atoms with Crippen LogP contribution in [0.2, 0.25) is 0 Å². The van der Waals surface area contributed by atoms with Gasteiger partial charge in [0.2, 0.25) is 0 Å². The lowest BCUT2D eigenvalue weighted by Crippen LogP contribution is -2.54. The molecule has 106 valence electrons. The van der Waals surface area contributed by atoms with E-state index in [1.807, 2.05) is 25.1 Å². The fourth-order valence-electron chi connectivity index (χ4n) is 2.16. The van der Waals surface area contributed by atoms with E-state index in [9.17, 15) is 12.8 Å². The van der Waals surface area contributed by atoms with Crippen LogP contribution in [0.4, 0.5) is 4.39 Å². The lowest BCUT2D eigenvalue weighted by Gasteiger charge is -2.15. The summed E-state index contributed by atoms with van der Waals surface area (Å²) in [5.74, 6) is -0.453. The topological polar surface area (TPSA) is 61.8 Å². The molecule has 0 saturated carbocycles. The normalized spacial score (nSPS) is 13.2. The summed E-state index contributed by atoms with van der Waals surface area (Å²) >= 11 is 0. The summed E-state index contributed by atoms with van der Waals surface area (Å²) in [4.78, 5) is 0.119. The zero-order valence-electron chi connectivity index (χ0n) is 11.2. The van der Waals surface area contributed by atoms with E-state index in [1.165, 1.54) is 12.1 Å². The molecule has 0 aromatic heterocycles. The average Bonchev–Trinajstić information content (AvgIpc) is 2.40. The van der Waals surface area contributed by atoms with Crippen LogP contribution in [0.1, 0.15) is 16.4 Å². The predicted molar refractivity (Wildman–Crippen MR) is 75.3 cm³/mol. The molecule has 0 spiro atoms.